The first-order valence-electron chi connectivity index (χ1n) is 9.47. The number of carbonyl (C=O) groups is 2. The smallest absolute Gasteiger partial charge is 0.534 e. The lowest BCUT2D eigenvalue weighted by Crippen LogP contribution is -2.53. The van der Waals surface area contributed by atoms with E-state index in [0.29, 0.717) is 25.3 Å². The molecule has 2 heterocycles. The number of hydrogen-bond donors (Lipinski definition) is 2. The van der Waals surface area contributed by atoms with Crippen LogP contribution in [0.5, 0.6) is 5.75 Å². The minimum atomic E-state index is -1.24. The zero-order chi connectivity index (χ0) is 19.9. The maximum absolute atomic E-state index is 12.3. The van der Waals surface area contributed by atoms with Crippen molar-refractivity contribution in [3.63, 3.8) is 0 Å². The number of carbonyl (C=O) groups excluding carboxylic acids is 2. The Balaban J connectivity index is 1.61. The molecule has 0 bridgehead atoms. The molecule has 0 saturated carbocycles. The molecule has 0 spiro atoms. The van der Waals surface area contributed by atoms with Gasteiger partial charge < -0.3 is 24.3 Å². The van der Waals surface area contributed by atoms with Crippen LogP contribution in [0, 0.1) is 0 Å². The van der Waals surface area contributed by atoms with Gasteiger partial charge in [-0.05, 0) is 24.5 Å². The number of amides is 1. The highest BCUT2D eigenvalue weighted by Crippen LogP contribution is 2.30. The Morgan fingerprint density at radius 2 is 2.32 bits per heavy atom. The summed E-state index contributed by atoms with van der Waals surface area (Å²) in [4.78, 5) is 28.4. The molecule has 2 aromatic rings. The van der Waals surface area contributed by atoms with Crippen LogP contribution in [0.2, 0.25) is 0 Å². The predicted molar refractivity (Wildman–Crippen MR) is 103 cm³/mol. The van der Waals surface area contributed by atoms with Crippen molar-refractivity contribution in [2.75, 3.05) is 6.61 Å². The summed E-state index contributed by atoms with van der Waals surface area (Å²) < 4.78 is 12.6. The van der Waals surface area contributed by atoms with E-state index < -0.39 is 19.0 Å². The molecule has 0 aliphatic carbocycles. The summed E-state index contributed by atoms with van der Waals surface area (Å²) in [7, 11) is -1.24. The molecule has 3 rings (SSSR count). The summed E-state index contributed by atoms with van der Waals surface area (Å²) in [5, 5.41) is 13.1. The largest absolute Gasteiger partial charge is 0.547 e. The number of rotatable bonds is 8. The summed E-state index contributed by atoms with van der Waals surface area (Å²) in [5.41, 5.74) is 1.03. The van der Waals surface area contributed by atoms with Crippen molar-refractivity contribution in [1.29, 1.82) is 0 Å². The molecule has 8 nitrogen and oxygen atoms in total. The predicted octanol–water partition coefficient (Wildman–Crippen LogP) is 1.37. The topological polar surface area (TPSA) is 103 Å². The number of aromatic nitrogens is 2. The van der Waals surface area contributed by atoms with Crippen LogP contribution in [0.15, 0.2) is 36.9 Å². The maximum atomic E-state index is 12.3. The molecule has 1 aromatic heterocycles. The third kappa shape index (κ3) is 4.92. The first-order chi connectivity index (χ1) is 13.6. The molecule has 2 N–H and O–H groups in total. The molecule has 28 heavy (non-hydrogen) atoms. The van der Waals surface area contributed by atoms with E-state index in [1.807, 2.05) is 13.0 Å². The minimum absolute atomic E-state index is 0.195. The van der Waals surface area contributed by atoms with Gasteiger partial charge in [-0.25, -0.2) is 9.78 Å². The number of ether oxygens (including phenoxy) is 1. The third-order valence-corrected chi connectivity index (χ3v) is 4.57. The van der Waals surface area contributed by atoms with Gasteiger partial charge in [0.1, 0.15) is 11.3 Å². The van der Waals surface area contributed by atoms with E-state index in [1.54, 1.807) is 35.4 Å². The summed E-state index contributed by atoms with van der Waals surface area (Å²) in [5.74, 6) is -0.935. The molecule has 9 heteroatoms. The van der Waals surface area contributed by atoms with E-state index in [2.05, 4.69) is 10.3 Å². The van der Waals surface area contributed by atoms with Gasteiger partial charge in [0.05, 0.1) is 18.9 Å². The van der Waals surface area contributed by atoms with Gasteiger partial charge >= 0.3 is 13.1 Å². The standard InChI is InChI=1S/C19H24BN3O5/c1-2-3-11-27-19(25)15-6-4-5-14-12-16(20(26)28-18(14)15)22-17(24)7-9-23-10-8-21-13-23/h4-6,8,10,13,16,26H,2-3,7,9,11-12H2,1H3,(H,22,24). The first-order valence-corrected chi connectivity index (χ1v) is 9.47. The van der Waals surface area contributed by atoms with E-state index in [0.717, 1.165) is 18.4 Å². The van der Waals surface area contributed by atoms with Crippen LogP contribution in [-0.2, 0) is 22.5 Å². The molecule has 0 saturated heterocycles. The number of fused-ring (bicyclic) bond motifs is 1. The van der Waals surface area contributed by atoms with E-state index in [-0.39, 0.29) is 17.9 Å². The Morgan fingerprint density at radius 1 is 1.46 bits per heavy atom. The van der Waals surface area contributed by atoms with Gasteiger partial charge in [0.2, 0.25) is 5.91 Å². The second-order valence-electron chi connectivity index (χ2n) is 6.72. The number of nitrogens with one attached hydrogen (secondary N) is 1. The van der Waals surface area contributed by atoms with Crippen LogP contribution in [-0.4, -0.2) is 46.1 Å². The van der Waals surface area contributed by atoms with Crippen molar-refractivity contribution in [2.45, 2.75) is 45.1 Å². The average molecular weight is 385 g/mol. The van der Waals surface area contributed by atoms with Crippen LogP contribution in [0.25, 0.3) is 0 Å². The van der Waals surface area contributed by atoms with Gasteiger partial charge in [0, 0.05) is 25.4 Å². The van der Waals surface area contributed by atoms with Gasteiger partial charge in [-0.1, -0.05) is 25.5 Å². The summed E-state index contributed by atoms with van der Waals surface area (Å²) >= 11 is 0. The Kier molecular flexibility index (Phi) is 6.70. The molecule has 1 unspecified atom stereocenters. The van der Waals surface area contributed by atoms with E-state index in [1.165, 1.54) is 0 Å². The minimum Gasteiger partial charge on any atom is -0.534 e. The quantitative estimate of drug-likeness (QED) is 0.404. The van der Waals surface area contributed by atoms with E-state index in [9.17, 15) is 14.6 Å². The number of benzene rings is 1. The molecule has 1 aromatic carbocycles. The lowest BCUT2D eigenvalue weighted by Gasteiger charge is -2.29. The van der Waals surface area contributed by atoms with Crippen molar-refractivity contribution in [2.24, 2.45) is 0 Å². The lowest BCUT2D eigenvalue weighted by molar-refractivity contribution is -0.121. The third-order valence-electron chi connectivity index (χ3n) is 4.57. The number of hydrogen-bond acceptors (Lipinski definition) is 6. The molecule has 1 atom stereocenters. The summed E-state index contributed by atoms with van der Waals surface area (Å²) in [6, 6.07) is 5.17. The number of nitrogens with zero attached hydrogens (tertiary/aromatic N) is 2. The highest BCUT2D eigenvalue weighted by atomic mass is 16.5. The summed E-state index contributed by atoms with van der Waals surface area (Å²) in [6.45, 7) is 2.86. The van der Waals surface area contributed by atoms with Crippen LogP contribution < -0.4 is 9.97 Å². The molecular weight excluding hydrogens is 361 g/mol. The molecule has 148 valence electrons. The van der Waals surface area contributed by atoms with Crippen LogP contribution in [0.1, 0.15) is 42.1 Å². The number of esters is 1. The zero-order valence-corrected chi connectivity index (χ0v) is 15.8. The van der Waals surface area contributed by atoms with Crippen molar-refractivity contribution in [1.82, 2.24) is 14.9 Å². The number of unbranched alkanes of at least 4 members (excludes halogenated alkanes) is 1. The molecule has 0 radical (unpaired) electrons. The number of para-hydroxylation sites is 1. The average Bonchev–Trinajstić information content (AvgIpc) is 3.20. The van der Waals surface area contributed by atoms with Gasteiger partial charge in [-0.3, -0.25) is 4.79 Å². The number of aryl methyl sites for hydroxylation is 1. The Labute approximate surface area is 164 Å². The zero-order valence-electron chi connectivity index (χ0n) is 15.8. The normalized spacial score (nSPS) is 15.5. The van der Waals surface area contributed by atoms with Crippen molar-refractivity contribution in [3.05, 3.63) is 48.0 Å². The van der Waals surface area contributed by atoms with Crippen LogP contribution in [0.4, 0.5) is 0 Å². The van der Waals surface area contributed by atoms with Crippen molar-refractivity contribution >= 4 is 19.0 Å². The monoisotopic (exact) mass is 385 g/mol. The van der Waals surface area contributed by atoms with Crippen LogP contribution in [0.3, 0.4) is 0 Å². The molecule has 1 aliphatic heterocycles. The summed E-state index contributed by atoms with van der Waals surface area (Å²) in [6.07, 6.45) is 7.42. The Bertz CT molecular complexity index is 812. The van der Waals surface area contributed by atoms with Crippen LogP contribution >= 0.6 is 0 Å². The highest BCUT2D eigenvalue weighted by molar-refractivity contribution is 6.47. The molecule has 0 fully saturated rings. The maximum Gasteiger partial charge on any atom is 0.547 e. The van der Waals surface area contributed by atoms with Gasteiger partial charge in [0.25, 0.3) is 0 Å². The SMILES string of the molecule is CCCCOC(=O)c1cccc2c1OB(O)C(NC(=O)CCn1ccnc1)C2. The van der Waals surface area contributed by atoms with Gasteiger partial charge in [0.15, 0.2) is 0 Å². The Hall–Kier alpha value is -2.81. The fraction of sp³-hybridized carbons (Fsp3) is 0.421. The van der Waals surface area contributed by atoms with E-state index in [4.69, 9.17) is 9.39 Å². The fourth-order valence-corrected chi connectivity index (χ4v) is 3.02. The Morgan fingerprint density at radius 3 is 3.07 bits per heavy atom. The number of imidazole rings is 1. The van der Waals surface area contributed by atoms with Gasteiger partial charge in [-0.2, -0.15) is 0 Å². The van der Waals surface area contributed by atoms with E-state index >= 15 is 0 Å². The highest BCUT2D eigenvalue weighted by Gasteiger charge is 2.37. The van der Waals surface area contributed by atoms with Crippen molar-refractivity contribution in [3.8, 4) is 5.75 Å². The fourth-order valence-electron chi connectivity index (χ4n) is 3.02. The first kappa shape index (κ1) is 19.9. The second-order valence-corrected chi connectivity index (χ2v) is 6.72. The second kappa shape index (κ2) is 9.41. The lowest BCUT2D eigenvalue weighted by atomic mass is 9.72. The molecule has 1 aliphatic rings. The molecular formula is C19H24BN3O5. The molecule has 1 amide bonds. The van der Waals surface area contributed by atoms with Gasteiger partial charge in [-0.15, -0.1) is 0 Å². The van der Waals surface area contributed by atoms with Crippen molar-refractivity contribution < 1.29 is 24.0 Å².